The van der Waals surface area contributed by atoms with Crippen LogP contribution in [0.5, 0.6) is 0 Å². The number of hydrogen-bond donors (Lipinski definition) is 3. The number of nitrogens with one attached hydrogen (secondary N) is 2. The second-order valence-electron chi connectivity index (χ2n) is 4.10. The van der Waals surface area contributed by atoms with Crippen LogP contribution in [0.4, 0.5) is 11.8 Å². The molecule has 0 unspecified atom stereocenters. The molecule has 0 saturated carbocycles. The predicted molar refractivity (Wildman–Crippen MR) is 69.9 cm³/mol. The van der Waals surface area contributed by atoms with Crippen molar-refractivity contribution in [2.24, 2.45) is 12.9 Å². The number of aryl methyl sites for hydroxylation is 2. The van der Waals surface area contributed by atoms with Gasteiger partial charge in [0, 0.05) is 36.6 Å². The highest BCUT2D eigenvalue weighted by Crippen LogP contribution is 2.14. The molecule has 18 heavy (non-hydrogen) atoms. The van der Waals surface area contributed by atoms with Gasteiger partial charge in [-0.25, -0.2) is 10.8 Å². The number of nitrogen functional groups attached to an aromatic ring is 1. The normalized spacial score (nSPS) is 10.4. The SMILES string of the molecule is Cc1cnc(NN)nc1NCc1cnn(C)c1C. The minimum absolute atomic E-state index is 0.394. The number of aromatic nitrogens is 4. The number of nitrogens with zero attached hydrogens (tertiary/aromatic N) is 4. The predicted octanol–water partition coefficient (Wildman–Crippen LogP) is 0.725. The van der Waals surface area contributed by atoms with E-state index in [1.165, 1.54) is 0 Å². The van der Waals surface area contributed by atoms with E-state index < -0.39 is 0 Å². The van der Waals surface area contributed by atoms with Crippen molar-refractivity contribution in [1.82, 2.24) is 19.7 Å². The van der Waals surface area contributed by atoms with Crippen molar-refractivity contribution < 1.29 is 0 Å². The van der Waals surface area contributed by atoms with Gasteiger partial charge < -0.3 is 5.32 Å². The van der Waals surface area contributed by atoms with Crippen molar-refractivity contribution in [3.05, 3.63) is 29.2 Å². The molecule has 96 valence electrons. The summed E-state index contributed by atoms with van der Waals surface area (Å²) in [5.74, 6) is 6.45. The molecule has 0 amide bonds. The molecule has 0 saturated heterocycles. The number of rotatable bonds is 4. The molecule has 0 atom stereocenters. The maximum absolute atomic E-state index is 5.29. The van der Waals surface area contributed by atoms with Crippen molar-refractivity contribution >= 4 is 11.8 Å². The third kappa shape index (κ3) is 2.40. The zero-order chi connectivity index (χ0) is 13.1. The van der Waals surface area contributed by atoms with Crippen LogP contribution in [0.2, 0.25) is 0 Å². The van der Waals surface area contributed by atoms with E-state index >= 15 is 0 Å². The van der Waals surface area contributed by atoms with Crippen LogP contribution >= 0.6 is 0 Å². The fourth-order valence-corrected chi connectivity index (χ4v) is 1.59. The highest BCUT2D eigenvalue weighted by atomic mass is 15.3. The van der Waals surface area contributed by atoms with Gasteiger partial charge in [0.2, 0.25) is 5.95 Å². The highest BCUT2D eigenvalue weighted by Gasteiger charge is 2.06. The maximum Gasteiger partial charge on any atom is 0.239 e. The molecule has 2 rings (SSSR count). The molecule has 4 N–H and O–H groups in total. The van der Waals surface area contributed by atoms with Crippen LogP contribution in [-0.4, -0.2) is 19.7 Å². The third-order valence-corrected chi connectivity index (χ3v) is 2.88. The molecule has 0 bridgehead atoms. The monoisotopic (exact) mass is 247 g/mol. The summed E-state index contributed by atoms with van der Waals surface area (Å²) in [6, 6.07) is 0. The lowest BCUT2D eigenvalue weighted by atomic mass is 10.2. The number of anilines is 2. The van der Waals surface area contributed by atoms with Crippen LogP contribution in [0, 0.1) is 13.8 Å². The van der Waals surface area contributed by atoms with E-state index in [0.717, 1.165) is 22.6 Å². The highest BCUT2D eigenvalue weighted by molar-refractivity contribution is 5.46. The van der Waals surface area contributed by atoms with E-state index in [1.54, 1.807) is 6.20 Å². The van der Waals surface area contributed by atoms with Crippen molar-refractivity contribution in [2.45, 2.75) is 20.4 Å². The summed E-state index contributed by atoms with van der Waals surface area (Å²) in [4.78, 5) is 8.29. The summed E-state index contributed by atoms with van der Waals surface area (Å²) < 4.78 is 1.84. The van der Waals surface area contributed by atoms with Crippen molar-refractivity contribution in [1.29, 1.82) is 0 Å². The quantitative estimate of drug-likeness (QED) is 0.544. The zero-order valence-electron chi connectivity index (χ0n) is 10.7. The van der Waals surface area contributed by atoms with Gasteiger partial charge in [-0.2, -0.15) is 10.1 Å². The Bertz CT molecular complexity index is 546. The Morgan fingerprint density at radius 3 is 2.72 bits per heavy atom. The average Bonchev–Trinajstić information content (AvgIpc) is 2.69. The Hall–Kier alpha value is -2.15. The Labute approximate surface area is 105 Å². The maximum atomic E-state index is 5.29. The van der Waals surface area contributed by atoms with Gasteiger partial charge in [-0.05, 0) is 13.8 Å². The number of hydrazine groups is 1. The molecule has 0 fully saturated rings. The Kier molecular flexibility index (Phi) is 3.42. The van der Waals surface area contributed by atoms with Crippen molar-refractivity contribution in [3.63, 3.8) is 0 Å². The first kappa shape index (κ1) is 12.3. The Balaban J connectivity index is 2.12. The topological polar surface area (TPSA) is 93.7 Å². The van der Waals surface area contributed by atoms with E-state index in [-0.39, 0.29) is 0 Å². The first-order valence-corrected chi connectivity index (χ1v) is 5.63. The second kappa shape index (κ2) is 5.01. The number of nitrogens with two attached hydrogens (primary N) is 1. The first-order chi connectivity index (χ1) is 8.61. The Morgan fingerprint density at radius 1 is 1.33 bits per heavy atom. The summed E-state index contributed by atoms with van der Waals surface area (Å²) in [7, 11) is 1.92. The lowest BCUT2D eigenvalue weighted by Crippen LogP contribution is -2.12. The molecule has 0 spiro atoms. The van der Waals surface area contributed by atoms with E-state index in [9.17, 15) is 0 Å². The summed E-state index contributed by atoms with van der Waals surface area (Å²) >= 11 is 0. The lowest BCUT2D eigenvalue weighted by molar-refractivity contribution is 0.738. The molecule has 0 aromatic carbocycles. The van der Waals surface area contributed by atoms with Gasteiger partial charge >= 0.3 is 0 Å². The molecule has 2 aromatic heterocycles. The van der Waals surface area contributed by atoms with Crippen molar-refractivity contribution in [2.75, 3.05) is 10.7 Å². The molecule has 0 radical (unpaired) electrons. The van der Waals surface area contributed by atoms with Crippen LogP contribution in [0.25, 0.3) is 0 Å². The molecule has 0 aliphatic heterocycles. The first-order valence-electron chi connectivity index (χ1n) is 5.63. The van der Waals surface area contributed by atoms with Gasteiger partial charge in [0.25, 0.3) is 0 Å². The van der Waals surface area contributed by atoms with Crippen LogP contribution in [0.15, 0.2) is 12.4 Å². The fraction of sp³-hybridized carbons (Fsp3) is 0.364. The molecular weight excluding hydrogens is 230 g/mol. The number of hydrogen-bond acceptors (Lipinski definition) is 6. The van der Waals surface area contributed by atoms with Gasteiger partial charge in [0.15, 0.2) is 0 Å². The summed E-state index contributed by atoms with van der Waals surface area (Å²) in [6.45, 7) is 4.64. The summed E-state index contributed by atoms with van der Waals surface area (Å²) in [6.07, 6.45) is 3.57. The van der Waals surface area contributed by atoms with Gasteiger partial charge in [0.1, 0.15) is 5.82 Å². The fourth-order valence-electron chi connectivity index (χ4n) is 1.59. The third-order valence-electron chi connectivity index (χ3n) is 2.88. The van der Waals surface area contributed by atoms with Crippen LogP contribution < -0.4 is 16.6 Å². The molecule has 2 heterocycles. The van der Waals surface area contributed by atoms with Crippen LogP contribution in [0.1, 0.15) is 16.8 Å². The molecule has 2 aromatic rings. The molecule has 0 aliphatic carbocycles. The molecular formula is C11H17N7. The minimum atomic E-state index is 0.394. The van der Waals surface area contributed by atoms with E-state index in [1.807, 2.05) is 31.8 Å². The van der Waals surface area contributed by atoms with E-state index in [4.69, 9.17) is 5.84 Å². The van der Waals surface area contributed by atoms with Gasteiger partial charge in [0.05, 0.1) is 6.20 Å². The summed E-state index contributed by atoms with van der Waals surface area (Å²) in [5, 5.41) is 7.45. The smallest absolute Gasteiger partial charge is 0.239 e. The minimum Gasteiger partial charge on any atom is -0.365 e. The average molecular weight is 247 g/mol. The standard InChI is InChI=1S/C11H17N7/c1-7-4-14-11(17-12)16-10(7)13-5-9-6-15-18(3)8(9)2/h4,6H,5,12H2,1-3H3,(H2,13,14,16,17). The molecule has 7 nitrogen and oxygen atoms in total. The van der Waals surface area contributed by atoms with Crippen molar-refractivity contribution in [3.8, 4) is 0 Å². The Morgan fingerprint density at radius 2 is 2.11 bits per heavy atom. The van der Waals surface area contributed by atoms with Gasteiger partial charge in [-0.3, -0.25) is 10.1 Å². The molecule has 0 aliphatic rings. The zero-order valence-corrected chi connectivity index (χ0v) is 10.7. The van der Waals surface area contributed by atoms with E-state index in [0.29, 0.717) is 12.5 Å². The van der Waals surface area contributed by atoms with E-state index in [2.05, 4.69) is 25.8 Å². The molecule has 7 heteroatoms. The van der Waals surface area contributed by atoms with Crippen LogP contribution in [-0.2, 0) is 13.6 Å². The summed E-state index contributed by atoms with van der Waals surface area (Å²) in [5.41, 5.74) is 5.67. The second-order valence-corrected chi connectivity index (χ2v) is 4.10. The van der Waals surface area contributed by atoms with Gasteiger partial charge in [-0.15, -0.1) is 0 Å². The van der Waals surface area contributed by atoms with Gasteiger partial charge in [-0.1, -0.05) is 0 Å². The lowest BCUT2D eigenvalue weighted by Gasteiger charge is -2.09. The van der Waals surface area contributed by atoms with Crippen LogP contribution in [0.3, 0.4) is 0 Å². The largest absolute Gasteiger partial charge is 0.365 e.